The summed E-state index contributed by atoms with van der Waals surface area (Å²) in [5.41, 5.74) is 1.54. The van der Waals surface area contributed by atoms with Gasteiger partial charge in [-0.25, -0.2) is 0 Å². The molecule has 1 spiro atoms. The van der Waals surface area contributed by atoms with E-state index in [0.717, 1.165) is 57.6 Å². The van der Waals surface area contributed by atoms with Crippen molar-refractivity contribution in [2.45, 2.75) is 71.2 Å². The number of fused-ring (bicyclic) bond motifs is 1. The molecule has 7 heteroatoms. The van der Waals surface area contributed by atoms with Crippen LogP contribution in [0.1, 0.15) is 57.3 Å². The first-order valence-corrected chi connectivity index (χ1v) is 10.2. The van der Waals surface area contributed by atoms with E-state index < -0.39 is 5.60 Å². The highest BCUT2D eigenvalue weighted by molar-refractivity contribution is 5.87. The molecule has 1 aromatic heterocycles. The minimum atomic E-state index is -0.550. The monoisotopic (exact) mass is 374 g/mol. The number of hydrogen-bond acceptors (Lipinski definition) is 5. The lowest BCUT2D eigenvalue weighted by Crippen LogP contribution is -2.42. The Morgan fingerprint density at radius 2 is 2.15 bits per heavy atom. The summed E-state index contributed by atoms with van der Waals surface area (Å²) >= 11 is 0. The van der Waals surface area contributed by atoms with Crippen LogP contribution in [0.4, 0.5) is 0 Å². The number of ether oxygens (including phenoxy) is 1. The summed E-state index contributed by atoms with van der Waals surface area (Å²) in [6.07, 6.45) is 3.87. The average Bonchev–Trinajstić information content (AvgIpc) is 3.31. The third-order valence-electron chi connectivity index (χ3n) is 6.08. The number of hydrogen-bond donors (Lipinski definition) is 1. The second-order valence-corrected chi connectivity index (χ2v) is 8.70. The van der Waals surface area contributed by atoms with Crippen LogP contribution in [-0.2, 0) is 34.0 Å². The summed E-state index contributed by atoms with van der Waals surface area (Å²) in [6.45, 7) is 8.79. The standard InChI is InChI=1S/C20H30N4O3/c1-14(2)12-23-7-8-24-16(13-23)9-15(22-24)11-21-19(26)17-10-18(25)27-20(17)5-3-4-6-20/h9,14,17H,3-8,10-13H2,1-2H3,(H,21,26). The molecule has 2 fully saturated rings. The van der Waals surface area contributed by atoms with Gasteiger partial charge in [-0.15, -0.1) is 0 Å². The van der Waals surface area contributed by atoms with Gasteiger partial charge in [0.15, 0.2) is 0 Å². The van der Waals surface area contributed by atoms with Gasteiger partial charge in [0, 0.05) is 19.6 Å². The smallest absolute Gasteiger partial charge is 0.307 e. The first-order chi connectivity index (χ1) is 12.9. The number of nitrogens with zero attached hydrogens (tertiary/aromatic N) is 3. The molecule has 0 radical (unpaired) electrons. The molecule has 0 aromatic carbocycles. The van der Waals surface area contributed by atoms with Crippen LogP contribution >= 0.6 is 0 Å². The average molecular weight is 374 g/mol. The normalized spacial score (nSPS) is 24.4. The minimum absolute atomic E-state index is 0.0739. The molecule has 148 valence electrons. The van der Waals surface area contributed by atoms with Crippen molar-refractivity contribution in [1.82, 2.24) is 20.0 Å². The van der Waals surface area contributed by atoms with Crippen molar-refractivity contribution in [2.24, 2.45) is 11.8 Å². The van der Waals surface area contributed by atoms with E-state index >= 15 is 0 Å². The molecule has 1 saturated heterocycles. The molecule has 4 rings (SSSR count). The van der Waals surface area contributed by atoms with Crippen molar-refractivity contribution in [3.8, 4) is 0 Å². The van der Waals surface area contributed by atoms with Gasteiger partial charge in [0.25, 0.3) is 0 Å². The molecule has 1 saturated carbocycles. The molecular weight excluding hydrogens is 344 g/mol. The third-order valence-corrected chi connectivity index (χ3v) is 6.08. The zero-order chi connectivity index (χ0) is 19.0. The number of aromatic nitrogens is 2. The van der Waals surface area contributed by atoms with Crippen LogP contribution in [0.25, 0.3) is 0 Å². The van der Waals surface area contributed by atoms with Crippen LogP contribution in [0, 0.1) is 11.8 Å². The zero-order valence-electron chi connectivity index (χ0n) is 16.4. The van der Waals surface area contributed by atoms with Crippen LogP contribution in [0.2, 0.25) is 0 Å². The van der Waals surface area contributed by atoms with E-state index in [-0.39, 0.29) is 24.2 Å². The quantitative estimate of drug-likeness (QED) is 0.796. The predicted octanol–water partition coefficient (Wildman–Crippen LogP) is 1.85. The SMILES string of the molecule is CC(C)CN1CCn2nc(CNC(=O)C3CC(=O)OC34CCCC4)cc2C1. The first kappa shape index (κ1) is 18.5. The first-order valence-electron chi connectivity index (χ1n) is 10.2. The lowest BCUT2D eigenvalue weighted by atomic mass is 9.85. The summed E-state index contributed by atoms with van der Waals surface area (Å²) in [4.78, 5) is 27.0. The molecule has 7 nitrogen and oxygen atoms in total. The van der Waals surface area contributed by atoms with Gasteiger partial charge in [0.2, 0.25) is 5.91 Å². The van der Waals surface area contributed by atoms with E-state index in [1.807, 2.05) is 0 Å². The van der Waals surface area contributed by atoms with Gasteiger partial charge in [-0.2, -0.15) is 5.10 Å². The second-order valence-electron chi connectivity index (χ2n) is 8.70. The van der Waals surface area contributed by atoms with E-state index in [2.05, 4.69) is 39.9 Å². The highest BCUT2D eigenvalue weighted by Gasteiger charge is 2.53. The Morgan fingerprint density at radius 3 is 2.89 bits per heavy atom. The minimum Gasteiger partial charge on any atom is -0.458 e. The maximum Gasteiger partial charge on any atom is 0.307 e. The van der Waals surface area contributed by atoms with E-state index in [4.69, 9.17) is 4.74 Å². The number of carbonyl (C=O) groups is 2. The van der Waals surface area contributed by atoms with Gasteiger partial charge in [0.05, 0.1) is 36.8 Å². The Hall–Kier alpha value is -1.89. The van der Waals surface area contributed by atoms with Gasteiger partial charge in [0.1, 0.15) is 5.60 Å². The molecular formula is C20H30N4O3. The topological polar surface area (TPSA) is 76.5 Å². The van der Waals surface area contributed by atoms with Gasteiger partial charge in [-0.05, 0) is 37.7 Å². The van der Waals surface area contributed by atoms with Crippen molar-refractivity contribution < 1.29 is 14.3 Å². The fourth-order valence-corrected chi connectivity index (χ4v) is 4.89. The van der Waals surface area contributed by atoms with Crippen LogP contribution in [0.15, 0.2) is 6.07 Å². The molecule has 3 heterocycles. The summed E-state index contributed by atoms with van der Waals surface area (Å²) in [7, 11) is 0. The Bertz CT molecular complexity index is 721. The molecule has 1 aliphatic carbocycles. The highest BCUT2D eigenvalue weighted by atomic mass is 16.6. The molecule has 1 unspecified atom stereocenters. The van der Waals surface area contributed by atoms with Gasteiger partial charge >= 0.3 is 5.97 Å². The van der Waals surface area contributed by atoms with Crippen molar-refractivity contribution in [3.05, 3.63) is 17.5 Å². The van der Waals surface area contributed by atoms with Crippen molar-refractivity contribution in [2.75, 3.05) is 13.1 Å². The molecule has 0 bridgehead atoms. The van der Waals surface area contributed by atoms with Gasteiger partial charge in [-0.1, -0.05) is 13.8 Å². The third kappa shape index (κ3) is 3.74. The van der Waals surface area contributed by atoms with E-state index in [1.54, 1.807) is 0 Å². The lowest BCUT2D eigenvalue weighted by molar-refractivity contribution is -0.150. The van der Waals surface area contributed by atoms with E-state index in [1.165, 1.54) is 5.69 Å². The Balaban J connectivity index is 1.36. The van der Waals surface area contributed by atoms with Gasteiger partial charge in [-0.3, -0.25) is 19.2 Å². The van der Waals surface area contributed by atoms with E-state index in [0.29, 0.717) is 12.5 Å². The number of amides is 1. The molecule has 2 aliphatic heterocycles. The van der Waals surface area contributed by atoms with Crippen molar-refractivity contribution in [1.29, 1.82) is 0 Å². The Morgan fingerprint density at radius 1 is 1.37 bits per heavy atom. The fraction of sp³-hybridized carbons (Fsp3) is 0.750. The molecule has 1 atom stereocenters. The molecule has 1 N–H and O–H groups in total. The fourth-order valence-electron chi connectivity index (χ4n) is 4.89. The predicted molar refractivity (Wildman–Crippen MR) is 99.6 cm³/mol. The summed E-state index contributed by atoms with van der Waals surface area (Å²) < 4.78 is 7.63. The molecule has 1 amide bonds. The highest BCUT2D eigenvalue weighted by Crippen LogP contribution is 2.45. The van der Waals surface area contributed by atoms with Crippen molar-refractivity contribution in [3.63, 3.8) is 0 Å². The molecule has 27 heavy (non-hydrogen) atoms. The van der Waals surface area contributed by atoms with Gasteiger partial charge < -0.3 is 10.1 Å². The maximum atomic E-state index is 12.8. The molecule has 3 aliphatic rings. The molecule has 1 aromatic rings. The largest absolute Gasteiger partial charge is 0.458 e. The lowest BCUT2D eigenvalue weighted by Gasteiger charge is -2.28. The van der Waals surface area contributed by atoms with Crippen LogP contribution in [0.5, 0.6) is 0 Å². The maximum absolute atomic E-state index is 12.8. The zero-order valence-corrected chi connectivity index (χ0v) is 16.4. The summed E-state index contributed by atoms with van der Waals surface area (Å²) in [5.74, 6) is -0.0151. The number of nitrogens with one attached hydrogen (secondary N) is 1. The van der Waals surface area contributed by atoms with E-state index in [9.17, 15) is 9.59 Å². The summed E-state index contributed by atoms with van der Waals surface area (Å²) in [6, 6.07) is 2.09. The summed E-state index contributed by atoms with van der Waals surface area (Å²) in [5, 5.41) is 7.65. The number of carbonyl (C=O) groups excluding carboxylic acids is 2. The van der Waals surface area contributed by atoms with Crippen LogP contribution in [-0.4, -0.2) is 45.2 Å². The number of rotatable bonds is 5. The van der Waals surface area contributed by atoms with Crippen molar-refractivity contribution >= 4 is 11.9 Å². The number of esters is 1. The Kier molecular flexibility index (Phi) is 4.97. The van der Waals surface area contributed by atoms with Crippen LogP contribution < -0.4 is 5.32 Å². The second kappa shape index (κ2) is 7.26. The van der Waals surface area contributed by atoms with Crippen LogP contribution in [0.3, 0.4) is 0 Å². The Labute approximate surface area is 160 Å².